The molecule has 0 aromatic carbocycles. The molecule has 0 spiro atoms. The number of carbonyl (C=O) groups is 1. The Morgan fingerprint density at radius 3 is 2.33 bits per heavy atom. The molecule has 104 valence electrons. The van der Waals surface area contributed by atoms with Crippen LogP contribution < -0.4 is 10.6 Å². The van der Waals surface area contributed by atoms with E-state index in [4.69, 9.17) is 0 Å². The Balaban J connectivity index is 1.76. The molecule has 0 aromatic rings. The van der Waals surface area contributed by atoms with Gasteiger partial charge in [-0.1, -0.05) is 26.7 Å². The lowest BCUT2D eigenvalue weighted by Crippen LogP contribution is -2.49. The summed E-state index contributed by atoms with van der Waals surface area (Å²) in [6.07, 6.45) is 7.36. The minimum absolute atomic E-state index is 0.0525. The second-order valence-electron chi connectivity index (χ2n) is 6.40. The Labute approximate surface area is 111 Å². The third-order valence-electron chi connectivity index (χ3n) is 5.02. The van der Waals surface area contributed by atoms with Crippen LogP contribution in [0.1, 0.15) is 59.3 Å². The molecule has 0 bridgehead atoms. The summed E-state index contributed by atoms with van der Waals surface area (Å²) in [5, 5.41) is 6.70. The molecule has 2 fully saturated rings. The molecule has 2 rings (SSSR count). The summed E-state index contributed by atoms with van der Waals surface area (Å²) in [5.74, 6) is 1.66. The predicted octanol–water partition coefficient (Wildman–Crippen LogP) is 2.46. The van der Waals surface area contributed by atoms with Gasteiger partial charge in [0, 0.05) is 12.1 Å². The van der Waals surface area contributed by atoms with E-state index in [2.05, 4.69) is 24.5 Å². The molecule has 4 unspecified atom stereocenters. The van der Waals surface area contributed by atoms with Crippen LogP contribution in [0.4, 0.5) is 0 Å². The highest BCUT2D eigenvalue weighted by Crippen LogP contribution is 2.31. The lowest BCUT2D eigenvalue weighted by Gasteiger charge is -2.24. The second kappa shape index (κ2) is 6.05. The largest absolute Gasteiger partial charge is 0.352 e. The van der Waals surface area contributed by atoms with Crippen molar-refractivity contribution in [3.8, 4) is 0 Å². The molecule has 0 radical (unpaired) electrons. The van der Waals surface area contributed by atoms with Crippen molar-refractivity contribution in [3.63, 3.8) is 0 Å². The Kier molecular flexibility index (Phi) is 4.66. The topological polar surface area (TPSA) is 41.1 Å². The van der Waals surface area contributed by atoms with Gasteiger partial charge >= 0.3 is 0 Å². The van der Waals surface area contributed by atoms with Crippen molar-refractivity contribution < 1.29 is 4.79 Å². The van der Waals surface area contributed by atoms with Crippen LogP contribution in [0, 0.1) is 11.8 Å². The zero-order valence-electron chi connectivity index (χ0n) is 12.0. The van der Waals surface area contributed by atoms with Crippen molar-refractivity contribution in [2.75, 3.05) is 0 Å². The first-order valence-corrected chi connectivity index (χ1v) is 7.64. The Morgan fingerprint density at radius 1 is 1.11 bits per heavy atom. The van der Waals surface area contributed by atoms with E-state index in [-0.39, 0.29) is 11.9 Å². The molecule has 18 heavy (non-hydrogen) atoms. The maximum Gasteiger partial charge on any atom is 0.237 e. The van der Waals surface area contributed by atoms with Crippen molar-refractivity contribution in [1.82, 2.24) is 10.6 Å². The van der Waals surface area contributed by atoms with Gasteiger partial charge in [0.15, 0.2) is 0 Å². The van der Waals surface area contributed by atoms with E-state index in [1.165, 1.54) is 25.7 Å². The van der Waals surface area contributed by atoms with Crippen LogP contribution in [-0.4, -0.2) is 24.0 Å². The zero-order valence-corrected chi connectivity index (χ0v) is 12.0. The Hall–Kier alpha value is -0.570. The normalized spacial score (nSPS) is 34.7. The average Bonchev–Trinajstić information content (AvgIpc) is 2.94. The summed E-state index contributed by atoms with van der Waals surface area (Å²) in [6.45, 7) is 6.62. The van der Waals surface area contributed by atoms with Gasteiger partial charge in [-0.05, 0) is 44.4 Å². The molecular weight excluding hydrogens is 224 g/mol. The summed E-state index contributed by atoms with van der Waals surface area (Å²) < 4.78 is 0. The number of nitrogens with one attached hydrogen (secondary N) is 2. The van der Waals surface area contributed by atoms with Gasteiger partial charge in [-0.15, -0.1) is 0 Å². The Bertz CT molecular complexity index is 286. The Morgan fingerprint density at radius 2 is 1.78 bits per heavy atom. The number of carbonyl (C=O) groups excluding carboxylic acids is 1. The molecule has 2 aliphatic rings. The number of hydrogen-bond acceptors (Lipinski definition) is 2. The lowest BCUT2D eigenvalue weighted by molar-refractivity contribution is -0.123. The van der Waals surface area contributed by atoms with Gasteiger partial charge in [-0.25, -0.2) is 0 Å². The van der Waals surface area contributed by atoms with E-state index in [1.807, 2.05) is 6.92 Å². The van der Waals surface area contributed by atoms with Crippen molar-refractivity contribution in [2.24, 2.45) is 11.8 Å². The number of rotatable bonds is 4. The van der Waals surface area contributed by atoms with E-state index in [1.54, 1.807) is 0 Å². The molecule has 0 aliphatic heterocycles. The predicted molar refractivity (Wildman–Crippen MR) is 74.3 cm³/mol. The summed E-state index contributed by atoms with van der Waals surface area (Å²) in [4.78, 5) is 12.1. The monoisotopic (exact) mass is 252 g/mol. The summed E-state index contributed by atoms with van der Waals surface area (Å²) in [6, 6.07) is 0.898. The third kappa shape index (κ3) is 3.25. The summed E-state index contributed by atoms with van der Waals surface area (Å²) in [7, 11) is 0. The molecule has 3 nitrogen and oxygen atoms in total. The zero-order chi connectivity index (χ0) is 13.1. The summed E-state index contributed by atoms with van der Waals surface area (Å²) >= 11 is 0. The first kappa shape index (κ1) is 13.9. The highest BCUT2D eigenvalue weighted by Gasteiger charge is 2.31. The van der Waals surface area contributed by atoms with Crippen LogP contribution in [0.15, 0.2) is 0 Å². The first-order chi connectivity index (χ1) is 8.58. The van der Waals surface area contributed by atoms with Gasteiger partial charge in [0.25, 0.3) is 0 Å². The molecule has 4 atom stereocenters. The fourth-order valence-electron chi connectivity index (χ4n) is 3.39. The molecule has 0 aromatic heterocycles. The summed E-state index contributed by atoms with van der Waals surface area (Å²) in [5.41, 5.74) is 0. The van der Waals surface area contributed by atoms with Crippen molar-refractivity contribution in [2.45, 2.75) is 77.4 Å². The van der Waals surface area contributed by atoms with E-state index < -0.39 is 0 Å². The van der Waals surface area contributed by atoms with Gasteiger partial charge in [0.05, 0.1) is 6.04 Å². The SMILES string of the molecule is CC(NC1CCC(C)C1C)C(=O)NC1CCCC1. The molecular formula is C15H28N2O. The van der Waals surface area contributed by atoms with Crippen LogP contribution in [0.2, 0.25) is 0 Å². The van der Waals surface area contributed by atoms with Crippen LogP contribution >= 0.6 is 0 Å². The van der Waals surface area contributed by atoms with E-state index in [0.29, 0.717) is 18.0 Å². The quantitative estimate of drug-likeness (QED) is 0.807. The molecule has 2 saturated carbocycles. The first-order valence-electron chi connectivity index (χ1n) is 7.64. The van der Waals surface area contributed by atoms with Crippen molar-refractivity contribution in [1.29, 1.82) is 0 Å². The van der Waals surface area contributed by atoms with Gasteiger partial charge in [0.1, 0.15) is 0 Å². The van der Waals surface area contributed by atoms with Gasteiger partial charge < -0.3 is 10.6 Å². The smallest absolute Gasteiger partial charge is 0.237 e. The van der Waals surface area contributed by atoms with E-state index in [0.717, 1.165) is 18.8 Å². The molecule has 0 heterocycles. The van der Waals surface area contributed by atoms with Crippen LogP contribution in [0.25, 0.3) is 0 Å². The maximum atomic E-state index is 12.1. The minimum Gasteiger partial charge on any atom is -0.352 e. The fourth-order valence-corrected chi connectivity index (χ4v) is 3.39. The number of hydrogen-bond donors (Lipinski definition) is 2. The van der Waals surface area contributed by atoms with E-state index in [9.17, 15) is 4.79 Å². The number of amides is 1. The van der Waals surface area contributed by atoms with Crippen LogP contribution in [0.5, 0.6) is 0 Å². The minimum atomic E-state index is -0.0525. The van der Waals surface area contributed by atoms with Crippen molar-refractivity contribution in [3.05, 3.63) is 0 Å². The molecule has 1 amide bonds. The van der Waals surface area contributed by atoms with Gasteiger partial charge in [0.2, 0.25) is 5.91 Å². The van der Waals surface area contributed by atoms with Crippen LogP contribution in [0.3, 0.4) is 0 Å². The average molecular weight is 252 g/mol. The molecule has 2 N–H and O–H groups in total. The lowest BCUT2D eigenvalue weighted by atomic mass is 9.97. The van der Waals surface area contributed by atoms with Gasteiger partial charge in [-0.3, -0.25) is 4.79 Å². The standard InChI is InChI=1S/C15H28N2O/c1-10-8-9-14(11(10)2)16-12(3)15(18)17-13-6-4-5-7-13/h10-14,16H,4-9H2,1-3H3,(H,17,18). The fraction of sp³-hybridized carbons (Fsp3) is 0.933. The maximum absolute atomic E-state index is 12.1. The van der Waals surface area contributed by atoms with Crippen LogP contribution in [-0.2, 0) is 4.79 Å². The molecule has 3 heteroatoms. The third-order valence-corrected chi connectivity index (χ3v) is 5.02. The highest BCUT2D eigenvalue weighted by atomic mass is 16.2. The highest BCUT2D eigenvalue weighted by molar-refractivity contribution is 5.81. The van der Waals surface area contributed by atoms with Crippen molar-refractivity contribution >= 4 is 5.91 Å². The second-order valence-corrected chi connectivity index (χ2v) is 6.40. The van der Waals surface area contributed by atoms with E-state index >= 15 is 0 Å². The molecule has 2 aliphatic carbocycles. The van der Waals surface area contributed by atoms with Gasteiger partial charge in [-0.2, -0.15) is 0 Å². The molecule has 0 saturated heterocycles.